The second-order valence-corrected chi connectivity index (χ2v) is 5.35. The highest BCUT2D eigenvalue weighted by atomic mass is 16.5. The monoisotopic (exact) mass is 325 g/mol. The molecule has 0 atom stereocenters. The third-order valence-corrected chi connectivity index (χ3v) is 4.11. The third kappa shape index (κ3) is 2.33. The van der Waals surface area contributed by atoms with Gasteiger partial charge in [-0.3, -0.25) is 4.79 Å². The summed E-state index contributed by atoms with van der Waals surface area (Å²) in [6.07, 6.45) is 0. The molecule has 5 heteroatoms. The average molecular weight is 325 g/mol. The summed E-state index contributed by atoms with van der Waals surface area (Å²) in [4.78, 5) is 25.4. The molecule has 1 heterocycles. The van der Waals surface area contributed by atoms with E-state index in [1.165, 1.54) is 0 Å². The maximum Gasteiger partial charge on any atom is 0.338 e. The van der Waals surface area contributed by atoms with E-state index in [0.29, 0.717) is 28.6 Å². The fraction of sp³-hybridized carbons (Fsp3) is 0.263. The first-order chi connectivity index (χ1) is 11.6. The Kier molecular flexibility index (Phi) is 4.25. The fourth-order valence-electron chi connectivity index (χ4n) is 3.10. The SMILES string of the molecule is CCOC(=O)c1ccc(OC)c2c1c(=O)c1ccccc1n2CC. The van der Waals surface area contributed by atoms with E-state index in [1.54, 1.807) is 32.2 Å². The number of carbonyl (C=O) groups is 1. The van der Waals surface area contributed by atoms with E-state index in [-0.39, 0.29) is 17.6 Å². The Morgan fingerprint density at radius 3 is 2.54 bits per heavy atom. The lowest BCUT2D eigenvalue weighted by Crippen LogP contribution is -2.16. The van der Waals surface area contributed by atoms with Gasteiger partial charge in [0, 0.05) is 11.9 Å². The summed E-state index contributed by atoms with van der Waals surface area (Å²) < 4.78 is 12.6. The highest BCUT2D eigenvalue weighted by molar-refractivity contribution is 6.08. The average Bonchev–Trinajstić information content (AvgIpc) is 2.61. The number of esters is 1. The first-order valence-electron chi connectivity index (χ1n) is 7.93. The van der Waals surface area contributed by atoms with Crippen LogP contribution in [0, 0.1) is 0 Å². The Morgan fingerprint density at radius 1 is 1.12 bits per heavy atom. The molecule has 1 aromatic heterocycles. The molecule has 0 aliphatic rings. The Hall–Kier alpha value is -2.82. The summed E-state index contributed by atoms with van der Waals surface area (Å²) >= 11 is 0. The molecule has 0 aliphatic heterocycles. The minimum atomic E-state index is -0.500. The number of ether oxygens (including phenoxy) is 2. The van der Waals surface area contributed by atoms with Crippen molar-refractivity contribution >= 4 is 27.8 Å². The van der Waals surface area contributed by atoms with E-state index in [4.69, 9.17) is 9.47 Å². The molecule has 3 aromatic rings. The van der Waals surface area contributed by atoms with Crippen molar-refractivity contribution in [3.8, 4) is 5.75 Å². The van der Waals surface area contributed by atoms with Crippen LogP contribution in [-0.4, -0.2) is 24.3 Å². The number of rotatable bonds is 4. The zero-order valence-electron chi connectivity index (χ0n) is 14.0. The van der Waals surface area contributed by atoms with E-state index in [2.05, 4.69) is 0 Å². The minimum absolute atomic E-state index is 0.188. The van der Waals surface area contributed by atoms with Gasteiger partial charge in [0.15, 0.2) is 5.43 Å². The van der Waals surface area contributed by atoms with E-state index in [0.717, 1.165) is 5.52 Å². The zero-order chi connectivity index (χ0) is 17.3. The van der Waals surface area contributed by atoms with Crippen LogP contribution in [0.25, 0.3) is 21.8 Å². The van der Waals surface area contributed by atoms with Crippen LogP contribution in [0.5, 0.6) is 5.75 Å². The number of aromatic nitrogens is 1. The highest BCUT2D eigenvalue weighted by Crippen LogP contribution is 2.30. The molecule has 124 valence electrons. The molecule has 0 saturated heterocycles. The van der Waals surface area contributed by atoms with Crippen molar-refractivity contribution in [1.29, 1.82) is 0 Å². The van der Waals surface area contributed by atoms with Crippen molar-refractivity contribution in [2.24, 2.45) is 0 Å². The predicted molar refractivity (Wildman–Crippen MR) is 93.9 cm³/mol. The molecule has 5 nitrogen and oxygen atoms in total. The molecule has 3 rings (SSSR count). The van der Waals surface area contributed by atoms with Crippen molar-refractivity contribution in [2.75, 3.05) is 13.7 Å². The van der Waals surface area contributed by atoms with E-state index >= 15 is 0 Å². The van der Waals surface area contributed by atoms with E-state index < -0.39 is 5.97 Å². The number of methoxy groups -OCH3 is 1. The number of para-hydroxylation sites is 1. The van der Waals surface area contributed by atoms with Crippen molar-refractivity contribution in [3.63, 3.8) is 0 Å². The van der Waals surface area contributed by atoms with Gasteiger partial charge in [-0.1, -0.05) is 12.1 Å². The van der Waals surface area contributed by atoms with Gasteiger partial charge in [-0.2, -0.15) is 0 Å². The van der Waals surface area contributed by atoms with Crippen molar-refractivity contribution in [2.45, 2.75) is 20.4 Å². The van der Waals surface area contributed by atoms with Gasteiger partial charge in [0.05, 0.1) is 35.7 Å². The summed E-state index contributed by atoms with van der Waals surface area (Å²) in [7, 11) is 1.55. The van der Waals surface area contributed by atoms with Gasteiger partial charge in [0.25, 0.3) is 0 Å². The van der Waals surface area contributed by atoms with Crippen LogP contribution in [0.4, 0.5) is 0 Å². The molecule has 0 N–H and O–H groups in total. The van der Waals surface area contributed by atoms with Gasteiger partial charge in [0.2, 0.25) is 0 Å². The smallest absolute Gasteiger partial charge is 0.338 e. The Bertz CT molecular complexity index is 988. The van der Waals surface area contributed by atoms with Crippen molar-refractivity contribution in [3.05, 3.63) is 52.2 Å². The number of hydrogen-bond donors (Lipinski definition) is 0. The number of pyridine rings is 1. The molecule has 2 aromatic carbocycles. The molecule has 0 aliphatic carbocycles. The molecule has 0 saturated carbocycles. The predicted octanol–water partition coefficient (Wildman–Crippen LogP) is 3.36. The first kappa shape index (κ1) is 16.1. The normalized spacial score (nSPS) is 11.0. The quantitative estimate of drug-likeness (QED) is 0.545. The lowest BCUT2D eigenvalue weighted by atomic mass is 10.0. The second kappa shape index (κ2) is 6.35. The molecule has 0 bridgehead atoms. The van der Waals surface area contributed by atoms with Gasteiger partial charge in [-0.25, -0.2) is 4.79 Å². The third-order valence-electron chi connectivity index (χ3n) is 4.11. The minimum Gasteiger partial charge on any atom is -0.495 e. The van der Waals surface area contributed by atoms with Crippen LogP contribution in [-0.2, 0) is 11.3 Å². The largest absolute Gasteiger partial charge is 0.495 e. The number of fused-ring (bicyclic) bond motifs is 2. The molecular formula is C19H19NO4. The molecule has 0 radical (unpaired) electrons. The molecule has 0 spiro atoms. The maximum atomic E-state index is 13.1. The lowest BCUT2D eigenvalue weighted by molar-refractivity contribution is 0.0528. The van der Waals surface area contributed by atoms with Gasteiger partial charge < -0.3 is 14.0 Å². The Balaban J connectivity index is 2.57. The number of benzene rings is 2. The van der Waals surface area contributed by atoms with Gasteiger partial charge in [-0.15, -0.1) is 0 Å². The van der Waals surface area contributed by atoms with Crippen LogP contribution in [0.1, 0.15) is 24.2 Å². The summed E-state index contributed by atoms with van der Waals surface area (Å²) in [6.45, 7) is 4.62. The van der Waals surface area contributed by atoms with Gasteiger partial charge in [-0.05, 0) is 38.1 Å². The second-order valence-electron chi connectivity index (χ2n) is 5.35. The number of aryl methyl sites for hydroxylation is 1. The number of nitrogens with zero attached hydrogens (tertiary/aromatic N) is 1. The van der Waals surface area contributed by atoms with E-state index in [9.17, 15) is 9.59 Å². The van der Waals surface area contributed by atoms with Gasteiger partial charge >= 0.3 is 5.97 Å². The molecule has 0 unspecified atom stereocenters. The molecule has 24 heavy (non-hydrogen) atoms. The number of hydrogen-bond acceptors (Lipinski definition) is 4. The molecular weight excluding hydrogens is 306 g/mol. The molecule has 0 amide bonds. The van der Waals surface area contributed by atoms with Crippen molar-refractivity contribution < 1.29 is 14.3 Å². The lowest BCUT2D eigenvalue weighted by Gasteiger charge is -2.17. The maximum absolute atomic E-state index is 13.1. The molecule has 0 fully saturated rings. The van der Waals surface area contributed by atoms with Crippen LogP contribution in [0.2, 0.25) is 0 Å². The van der Waals surface area contributed by atoms with Crippen LogP contribution < -0.4 is 10.2 Å². The summed E-state index contributed by atoms with van der Waals surface area (Å²) in [6, 6.07) is 10.7. The Labute approximate surface area is 139 Å². The fourth-order valence-corrected chi connectivity index (χ4v) is 3.10. The highest BCUT2D eigenvalue weighted by Gasteiger charge is 2.21. The summed E-state index contributed by atoms with van der Waals surface area (Å²) in [5, 5.41) is 0.916. The van der Waals surface area contributed by atoms with Crippen LogP contribution in [0.15, 0.2) is 41.2 Å². The first-order valence-corrected chi connectivity index (χ1v) is 7.93. The number of carbonyl (C=O) groups excluding carboxylic acids is 1. The topological polar surface area (TPSA) is 57.5 Å². The van der Waals surface area contributed by atoms with Crippen LogP contribution in [0.3, 0.4) is 0 Å². The zero-order valence-corrected chi connectivity index (χ0v) is 14.0. The van der Waals surface area contributed by atoms with Gasteiger partial charge in [0.1, 0.15) is 5.75 Å². The van der Waals surface area contributed by atoms with Crippen molar-refractivity contribution in [1.82, 2.24) is 4.57 Å². The standard InChI is InChI=1S/C19H19NO4/c1-4-20-14-9-7-6-8-12(14)18(21)16-13(19(22)24-5-2)10-11-15(23-3)17(16)20/h6-11H,4-5H2,1-3H3. The van der Waals surface area contributed by atoms with Crippen LogP contribution >= 0.6 is 0 Å². The van der Waals surface area contributed by atoms with E-state index in [1.807, 2.05) is 29.7 Å². The Morgan fingerprint density at radius 2 is 1.88 bits per heavy atom. The summed E-state index contributed by atoms with van der Waals surface area (Å²) in [5.41, 5.74) is 1.52. The summed E-state index contributed by atoms with van der Waals surface area (Å²) in [5.74, 6) is 0.0583.